The minimum atomic E-state index is -4.21. The molecule has 0 saturated carbocycles. The molecule has 42 heavy (non-hydrogen) atoms. The maximum atomic E-state index is 12.2. The third-order valence-electron chi connectivity index (χ3n) is 6.41. The molecule has 1 aliphatic heterocycles. The van der Waals surface area contributed by atoms with Crippen LogP contribution in [-0.2, 0) is 30.8 Å². The van der Waals surface area contributed by atoms with Crippen LogP contribution in [0.15, 0.2) is 42.5 Å². The van der Waals surface area contributed by atoms with Gasteiger partial charge >= 0.3 is 13.3 Å². The molecular weight excluding hydrogens is 556 g/mol. The SMILES string of the molecule is CC1(C)OB(O)c2cc(NC(=O)CNC(=O)C(N)CCC(=O)NC(CN)CN)ccc21.Cc1ccc(C(F)(F)F)cc1. The summed E-state index contributed by atoms with van der Waals surface area (Å²) in [6.45, 7) is 5.59. The van der Waals surface area contributed by atoms with Crippen molar-refractivity contribution in [1.82, 2.24) is 10.6 Å². The van der Waals surface area contributed by atoms with Crippen molar-refractivity contribution < 1.29 is 37.2 Å². The monoisotopic (exact) mass is 594 g/mol. The summed E-state index contributed by atoms with van der Waals surface area (Å²) < 4.78 is 41.2. The fourth-order valence-electron chi connectivity index (χ4n) is 3.98. The van der Waals surface area contributed by atoms with E-state index in [1.54, 1.807) is 25.1 Å². The van der Waals surface area contributed by atoms with Gasteiger partial charge in [0.2, 0.25) is 17.7 Å². The van der Waals surface area contributed by atoms with Crippen molar-refractivity contribution in [3.63, 3.8) is 0 Å². The molecule has 0 aliphatic carbocycles. The van der Waals surface area contributed by atoms with Gasteiger partial charge in [-0.1, -0.05) is 23.8 Å². The second-order valence-corrected chi connectivity index (χ2v) is 10.3. The highest BCUT2D eigenvalue weighted by atomic mass is 19.4. The highest BCUT2D eigenvalue weighted by molar-refractivity contribution is 6.62. The number of halogens is 3. The number of amides is 3. The van der Waals surface area contributed by atoms with E-state index in [1.165, 1.54) is 12.1 Å². The Morgan fingerprint density at radius 2 is 1.67 bits per heavy atom. The number of carbonyl (C=O) groups excluding carboxylic acids is 3. The minimum Gasteiger partial charge on any atom is -0.423 e. The molecule has 0 aromatic heterocycles. The van der Waals surface area contributed by atoms with Crippen molar-refractivity contribution >= 4 is 36.0 Å². The van der Waals surface area contributed by atoms with Crippen molar-refractivity contribution in [3.8, 4) is 0 Å². The maximum absolute atomic E-state index is 12.2. The van der Waals surface area contributed by atoms with Crippen molar-refractivity contribution in [1.29, 1.82) is 0 Å². The summed E-state index contributed by atoms with van der Waals surface area (Å²) in [5.74, 6) is -1.30. The first-order valence-electron chi connectivity index (χ1n) is 13.2. The Hall–Kier alpha value is -3.50. The topological polar surface area (TPSA) is 195 Å². The van der Waals surface area contributed by atoms with Crippen LogP contribution >= 0.6 is 0 Å². The van der Waals surface area contributed by atoms with E-state index in [1.807, 2.05) is 13.8 Å². The number of hydrogen-bond acceptors (Lipinski definition) is 8. The van der Waals surface area contributed by atoms with Gasteiger partial charge in [0.1, 0.15) is 0 Å². The van der Waals surface area contributed by atoms with Gasteiger partial charge in [-0.05, 0) is 62.5 Å². The summed E-state index contributed by atoms with van der Waals surface area (Å²) in [4.78, 5) is 36.0. The molecule has 10 N–H and O–H groups in total. The van der Waals surface area contributed by atoms with Gasteiger partial charge in [-0.25, -0.2) is 0 Å². The predicted molar refractivity (Wildman–Crippen MR) is 153 cm³/mol. The van der Waals surface area contributed by atoms with Gasteiger partial charge in [0.15, 0.2) is 0 Å². The molecular formula is C27H38BF3N6O5. The average molecular weight is 594 g/mol. The van der Waals surface area contributed by atoms with Gasteiger partial charge < -0.3 is 42.8 Å². The number of hydrogen-bond donors (Lipinski definition) is 7. The van der Waals surface area contributed by atoms with E-state index in [2.05, 4.69) is 16.0 Å². The summed E-state index contributed by atoms with van der Waals surface area (Å²) in [5, 5.41) is 17.8. The van der Waals surface area contributed by atoms with Crippen LogP contribution in [0.2, 0.25) is 0 Å². The van der Waals surface area contributed by atoms with Gasteiger partial charge in [-0.3, -0.25) is 14.4 Å². The fourth-order valence-corrected chi connectivity index (χ4v) is 3.98. The number of fused-ring (bicyclic) bond motifs is 1. The van der Waals surface area contributed by atoms with E-state index < -0.39 is 42.3 Å². The van der Waals surface area contributed by atoms with Gasteiger partial charge in [-0.15, -0.1) is 0 Å². The molecule has 3 amide bonds. The summed E-state index contributed by atoms with van der Waals surface area (Å²) >= 11 is 0. The molecule has 1 heterocycles. The van der Waals surface area contributed by atoms with E-state index in [-0.39, 0.29) is 44.4 Å². The number of rotatable bonds is 10. The molecule has 3 rings (SSSR count). The van der Waals surface area contributed by atoms with E-state index in [0.29, 0.717) is 11.2 Å². The predicted octanol–water partition coefficient (Wildman–Crippen LogP) is 0.218. The number of carbonyl (C=O) groups is 3. The molecule has 230 valence electrons. The van der Waals surface area contributed by atoms with Crippen molar-refractivity contribution in [2.45, 2.75) is 57.5 Å². The van der Waals surface area contributed by atoms with Crippen LogP contribution in [0.5, 0.6) is 0 Å². The van der Waals surface area contributed by atoms with Crippen LogP contribution in [0, 0.1) is 6.92 Å². The molecule has 1 aliphatic rings. The number of alkyl halides is 3. The lowest BCUT2D eigenvalue weighted by Crippen LogP contribution is -2.46. The summed E-state index contributed by atoms with van der Waals surface area (Å²) in [6, 6.07) is 8.90. The van der Waals surface area contributed by atoms with Gasteiger partial charge in [0.25, 0.3) is 0 Å². The summed E-state index contributed by atoms with van der Waals surface area (Å²) in [7, 11) is -1.07. The molecule has 11 nitrogen and oxygen atoms in total. The lowest BCUT2D eigenvalue weighted by molar-refractivity contribution is -0.137. The summed E-state index contributed by atoms with van der Waals surface area (Å²) in [5.41, 5.74) is 18.2. The highest BCUT2D eigenvalue weighted by Crippen LogP contribution is 2.31. The molecule has 15 heteroatoms. The Balaban J connectivity index is 0.000000468. The quantitative estimate of drug-likeness (QED) is 0.190. The molecule has 2 aromatic rings. The summed E-state index contributed by atoms with van der Waals surface area (Å²) in [6.07, 6.45) is -4.07. The van der Waals surface area contributed by atoms with Crippen LogP contribution in [0.25, 0.3) is 0 Å². The van der Waals surface area contributed by atoms with E-state index in [9.17, 15) is 32.6 Å². The van der Waals surface area contributed by atoms with E-state index in [4.69, 9.17) is 21.9 Å². The van der Waals surface area contributed by atoms with Gasteiger partial charge in [0, 0.05) is 25.2 Å². The number of nitrogens with two attached hydrogens (primary N) is 3. The Kier molecular flexibility index (Phi) is 12.5. The fraction of sp³-hybridized carbons (Fsp3) is 0.444. The average Bonchev–Trinajstić information content (AvgIpc) is 3.16. The van der Waals surface area contributed by atoms with Crippen LogP contribution in [0.4, 0.5) is 18.9 Å². The van der Waals surface area contributed by atoms with Crippen molar-refractivity contribution in [2.24, 2.45) is 17.2 Å². The molecule has 0 radical (unpaired) electrons. The number of aryl methyl sites for hydroxylation is 1. The van der Waals surface area contributed by atoms with E-state index >= 15 is 0 Å². The number of nitrogens with one attached hydrogen (secondary N) is 3. The second-order valence-electron chi connectivity index (χ2n) is 10.3. The zero-order valence-electron chi connectivity index (χ0n) is 23.8. The molecule has 1 atom stereocenters. The second kappa shape index (κ2) is 15.1. The Morgan fingerprint density at radius 1 is 1.05 bits per heavy atom. The first-order chi connectivity index (χ1) is 19.6. The maximum Gasteiger partial charge on any atom is 0.492 e. The van der Waals surface area contributed by atoms with E-state index in [0.717, 1.165) is 23.3 Å². The molecule has 2 aromatic carbocycles. The van der Waals surface area contributed by atoms with Gasteiger partial charge in [0.05, 0.1) is 29.8 Å². The number of benzene rings is 2. The van der Waals surface area contributed by atoms with Crippen molar-refractivity contribution in [3.05, 3.63) is 59.2 Å². The van der Waals surface area contributed by atoms with Crippen LogP contribution in [-0.4, -0.2) is 61.6 Å². The first-order valence-corrected chi connectivity index (χ1v) is 13.2. The molecule has 0 fully saturated rings. The molecule has 0 spiro atoms. The normalized spacial score (nSPS) is 14.4. The highest BCUT2D eigenvalue weighted by Gasteiger charge is 2.40. The van der Waals surface area contributed by atoms with Crippen molar-refractivity contribution in [2.75, 3.05) is 25.0 Å². The third kappa shape index (κ3) is 10.4. The van der Waals surface area contributed by atoms with Crippen LogP contribution in [0.3, 0.4) is 0 Å². The lowest BCUT2D eigenvalue weighted by Gasteiger charge is -2.19. The Morgan fingerprint density at radius 3 is 2.24 bits per heavy atom. The molecule has 0 bridgehead atoms. The Labute approximate surface area is 242 Å². The van der Waals surface area contributed by atoms with Crippen LogP contribution in [0.1, 0.15) is 43.4 Å². The standard InChI is InChI=1S/C19H31BN6O5.C8H7F3/c1-19(2)13-4-3-11(7-14(13)20(30)31-19)25-17(28)10-24-18(29)15(23)5-6-16(27)26-12(8-21)9-22;1-6-2-4-7(5-3-6)8(9,10)11/h3-4,7,12,15,30H,5-6,8-10,21-23H2,1-2H3,(H,24,29)(H,25,28)(H,26,27);2-5H,1H3. The van der Waals surface area contributed by atoms with Gasteiger partial charge in [-0.2, -0.15) is 13.2 Å². The largest absolute Gasteiger partial charge is 0.492 e. The molecule has 1 unspecified atom stereocenters. The lowest BCUT2D eigenvalue weighted by atomic mass is 9.78. The third-order valence-corrected chi connectivity index (χ3v) is 6.41. The zero-order chi connectivity index (χ0) is 31.7. The smallest absolute Gasteiger partial charge is 0.423 e. The van der Waals surface area contributed by atoms with Crippen LogP contribution < -0.4 is 38.6 Å². The Bertz CT molecular complexity index is 1230. The number of anilines is 1. The molecule has 0 saturated heterocycles. The first kappa shape index (κ1) is 34.7. The zero-order valence-corrected chi connectivity index (χ0v) is 23.8. The minimum absolute atomic E-state index is 0.0349.